The maximum absolute atomic E-state index is 11.1. The number of hydrogen-bond donors (Lipinski definition) is 0. The molecule has 1 aromatic rings. The van der Waals surface area contributed by atoms with Gasteiger partial charge in [0.2, 0.25) is 0 Å². The zero-order chi connectivity index (χ0) is 10.9. The first-order valence-corrected chi connectivity index (χ1v) is 4.26. The van der Waals surface area contributed by atoms with Gasteiger partial charge in [-0.1, -0.05) is 11.6 Å². The lowest BCUT2D eigenvalue weighted by Crippen LogP contribution is -1.99. The molecule has 0 atom stereocenters. The number of nitrogens with zero attached hydrogens (tertiary/aromatic N) is 1. The number of Topliss-reactive ketones (excluding diaryl/α,β-unsaturated/α-hetero) is 1. The Morgan fingerprint density at radius 1 is 1.50 bits per heavy atom. The first-order chi connectivity index (χ1) is 6.43. The van der Waals surface area contributed by atoms with Crippen LogP contribution in [0.25, 0.3) is 0 Å². The maximum Gasteiger partial charge on any atom is 0.271 e. The van der Waals surface area contributed by atoms with E-state index in [-0.39, 0.29) is 16.5 Å². The van der Waals surface area contributed by atoms with Gasteiger partial charge in [0.1, 0.15) is 0 Å². The van der Waals surface area contributed by atoms with Crippen LogP contribution in [0.4, 0.5) is 5.69 Å². The van der Waals surface area contributed by atoms with E-state index in [0.29, 0.717) is 11.1 Å². The molecule has 5 heteroatoms. The van der Waals surface area contributed by atoms with Crippen LogP contribution in [-0.4, -0.2) is 10.7 Å². The summed E-state index contributed by atoms with van der Waals surface area (Å²) in [5.41, 5.74) is 0.770. The van der Waals surface area contributed by atoms with Crippen LogP contribution in [0.5, 0.6) is 0 Å². The van der Waals surface area contributed by atoms with Gasteiger partial charge in [0.15, 0.2) is 5.78 Å². The van der Waals surface area contributed by atoms with Crippen molar-refractivity contribution in [3.63, 3.8) is 0 Å². The molecule has 74 valence electrons. The van der Waals surface area contributed by atoms with Gasteiger partial charge in [0.05, 0.1) is 9.95 Å². The minimum Gasteiger partial charge on any atom is -0.294 e. The second-order valence-electron chi connectivity index (χ2n) is 2.93. The molecule has 0 saturated heterocycles. The van der Waals surface area contributed by atoms with Crippen LogP contribution in [0.2, 0.25) is 5.02 Å². The van der Waals surface area contributed by atoms with Crippen LogP contribution >= 0.6 is 11.6 Å². The van der Waals surface area contributed by atoms with E-state index in [1.165, 1.54) is 19.1 Å². The largest absolute Gasteiger partial charge is 0.294 e. The number of hydrogen-bond acceptors (Lipinski definition) is 3. The van der Waals surface area contributed by atoms with E-state index in [2.05, 4.69) is 0 Å². The van der Waals surface area contributed by atoms with Gasteiger partial charge in [-0.05, 0) is 19.4 Å². The minimum absolute atomic E-state index is 0.0995. The molecule has 0 unspecified atom stereocenters. The van der Waals surface area contributed by atoms with Gasteiger partial charge < -0.3 is 0 Å². The predicted octanol–water partition coefficient (Wildman–Crippen LogP) is 2.76. The SMILES string of the molecule is CC(=O)c1c(C)cc([N+](=O)[O-])cc1Cl. The molecule has 1 aromatic carbocycles. The number of benzene rings is 1. The fourth-order valence-corrected chi connectivity index (χ4v) is 1.67. The van der Waals surface area contributed by atoms with Gasteiger partial charge in [0.25, 0.3) is 5.69 Å². The molecule has 14 heavy (non-hydrogen) atoms. The summed E-state index contributed by atoms with van der Waals surface area (Å²) in [5.74, 6) is -0.192. The van der Waals surface area contributed by atoms with Gasteiger partial charge >= 0.3 is 0 Å². The van der Waals surface area contributed by atoms with E-state index >= 15 is 0 Å². The molecule has 0 heterocycles. The highest BCUT2D eigenvalue weighted by Gasteiger charge is 2.15. The number of halogens is 1. The van der Waals surface area contributed by atoms with Crippen molar-refractivity contribution in [2.75, 3.05) is 0 Å². The summed E-state index contributed by atoms with van der Waals surface area (Å²) >= 11 is 5.75. The van der Waals surface area contributed by atoms with Gasteiger partial charge in [-0.15, -0.1) is 0 Å². The second kappa shape index (κ2) is 3.75. The lowest BCUT2D eigenvalue weighted by atomic mass is 10.0. The van der Waals surface area contributed by atoms with Crippen molar-refractivity contribution in [2.45, 2.75) is 13.8 Å². The van der Waals surface area contributed by atoms with E-state index in [4.69, 9.17) is 11.6 Å². The Balaban J connectivity index is 3.39. The Morgan fingerprint density at radius 2 is 2.07 bits per heavy atom. The molecule has 0 bridgehead atoms. The van der Waals surface area contributed by atoms with Crippen molar-refractivity contribution in [1.82, 2.24) is 0 Å². The third-order valence-corrected chi connectivity index (χ3v) is 2.13. The monoisotopic (exact) mass is 213 g/mol. The van der Waals surface area contributed by atoms with E-state index in [9.17, 15) is 14.9 Å². The minimum atomic E-state index is -0.539. The molecule has 0 spiro atoms. The van der Waals surface area contributed by atoms with Gasteiger partial charge in [0, 0.05) is 17.7 Å². The van der Waals surface area contributed by atoms with Gasteiger partial charge in [-0.3, -0.25) is 14.9 Å². The summed E-state index contributed by atoms with van der Waals surface area (Å²) in [6.45, 7) is 3.00. The van der Waals surface area contributed by atoms with Crippen LogP contribution < -0.4 is 0 Å². The van der Waals surface area contributed by atoms with Crippen LogP contribution in [0.3, 0.4) is 0 Å². The number of ketones is 1. The van der Waals surface area contributed by atoms with Crippen LogP contribution in [-0.2, 0) is 0 Å². The van der Waals surface area contributed by atoms with Crippen molar-refractivity contribution in [1.29, 1.82) is 0 Å². The highest BCUT2D eigenvalue weighted by atomic mass is 35.5. The average Bonchev–Trinajstić information content (AvgIpc) is 2.01. The van der Waals surface area contributed by atoms with Gasteiger partial charge in [-0.2, -0.15) is 0 Å². The van der Waals surface area contributed by atoms with Crippen molar-refractivity contribution < 1.29 is 9.72 Å². The quantitative estimate of drug-likeness (QED) is 0.431. The second-order valence-corrected chi connectivity index (χ2v) is 3.34. The highest BCUT2D eigenvalue weighted by Crippen LogP contribution is 2.26. The molecule has 0 N–H and O–H groups in total. The molecule has 0 amide bonds. The molecule has 0 aromatic heterocycles. The zero-order valence-electron chi connectivity index (χ0n) is 7.70. The molecule has 0 aliphatic heterocycles. The number of carbonyl (C=O) groups is 1. The molecule has 4 nitrogen and oxygen atoms in total. The molecular weight excluding hydrogens is 206 g/mol. The smallest absolute Gasteiger partial charge is 0.271 e. The molecular formula is C9H8ClNO3. The van der Waals surface area contributed by atoms with Crippen LogP contribution in [0.15, 0.2) is 12.1 Å². The number of nitro groups is 1. The van der Waals surface area contributed by atoms with E-state index in [0.717, 1.165) is 0 Å². The number of non-ortho nitro benzene ring substituents is 1. The number of carbonyl (C=O) groups excluding carboxylic acids is 1. The number of aryl methyl sites for hydroxylation is 1. The van der Waals surface area contributed by atoms with Crippen LogP contribution in [0.1, 0.15) is 22.8 Å². The Labute approximate surface area is 85.6 Å². The average molecular weight is 214 g/mol. The third kappa shape index (κ3) is 1.90. The third-order valence-electron chi connectivity index (χ3n) is 1.84. The Hall–Kier alpha value is -1.42. The van der Waals surface area contributed by atoms with E-state index < -0.39 is 4.92 Å². The number of nitro benzene ring substituents is 1. The zero-order valence-corrected chi connectivity index (χ0v) is 8.46. The highest BCUT2D eigenvalue weighted by molar-refractivity contribution is 6.34. The molecule has 0 aliphatic carbocycles. The fourth-order valence-electron chi connectivity index (χ4n) is 1.28. The predicted molar refractivity (Wildman–Crippen MR) is 52.8 cm³/mol. The fraction of sp³-hybridized carbons (Fsp3) is 0.222. The Kier molecular flexibility index (Phi) is 2.86. The summed E-state index contributed by atoms with van der Waals surface area (Å²) in [6.07, 6.45) is 0. The normalized spacial score (nSPS) is 9.93. The molecule has 1 rings (SSSR count). The Bertz CT molecular complexity index is 392. The maximum atomic E-state index is 11.1. The van der Waals surface area contributed by atoms with Crippen molar-refractivity contribution >= 4 is 23.1 Å². The standard InChI is InChI=1S/C9H8ClNO3/c1-5-3-7(11(13)14)4-8(10)9(5)6(2)12/h3-4H,1-2H3. The molecule has 0 aliphatic rings. The lowest BCUT2D eigenvalue weighted by Gasteiger charge is -2.03. The van der Waals surface area contributed by atoms with Crippen LogP contribution in [0, 0.1) is 17.0 Å². The van der Waals surface area contributed by atoms with Crippen molar-refractivity contribution in [3.05, 3.63) is 38.4 Å². The molecule has 0 radical (unpaired) electrons. The first-order valence-electron chi connectivity index (χ1n) is 3.89. The topological polar surface area (TPSA) is 60.2 Å². The Morgan fingerprint density at radius 3 is 2.43 bits per heavy atom. The number of rotatable bonds is 2. The van der Waals surface area contributed by atoms with E-state index in [1.54, 1.807) is 6.92 Å². The lowest BCUT2D eigenvalue weighted by molar-refractivity contribution is -0.384. The van der Waals surface area contributed by atoms with Crippen molar-refractivity contribution in [3.8, 4) is 0 Å². The van der Waals surface area contributed by atoms with Gasteiger partial charge in [-0.25, -0.2) is 0 Å². The first kappa shape index (κ1) is 10.7. The van der Waals surface area contributed by atoms with Crippen molar-refractivity contribution in [2.24, 2.45) is 0 Å². The summed E-state index contributed by atoms with van der Waals surface area (Å²) in [7, 11) is 0. The summed E-state index contributed by atoms with van der Waals surface area (Å²) in [4.78, 5) is 21.0. The summed E-state index contributed by atoms with van der Waals surface area (Å²) in [6, 6.07) is 2.52. The molecule has 0 fully saturated rings. The van der Waals surface area contributed by atoms with E-state index in [1.807, 2.05) is 0 Å². The summed E-state index contributed by atoms with van der Waals surface area (Å²) < 4.78 is 0. The molecule has 0 saturated carbocycles. The summed E-state index contributed by atoms with van der Waals surface area (Å²) in [5, 5.41) is 10.6.